The molecule has 2 rings (SSSR count). The van der Waals surface area contributed by atoms with Gasteiger partial charge < -0.3 is 10.0 Å². The molecule has 0 aliphatic carbocycles. The molecule has 7 heteroatoms. The summed E-state index contributed by atoms with van der Waals surface area (Å²) in [5, 5.41) is 12.9. The van der Waals surface area contributed by atoms with E-state index < -0.39 is 5.97 Å². The molecule has 18 heavy (non-hydrogen) atoms. The van der Waals surface area contributed by atoms with Crippen LogP contribution in [-0.4, -0.2) is 44.1 Å². The van der Waals surface area contributed by atoms with E-state index in [1.165, 1.54) is 13.8 Å². The molecule has 0 spiro atoms. The van der Waals surface area contributed by atoms with E-state index in [1.54, 1.807) is 4.90 Å². The van der Waals surface area contributed by atoms with Gasteiger partial charge in [-0.1, -0.05) is 0 Å². The predicted molar refractivity (Wildman–Crippen MR) is 60.3 cm³/mol. The van der Waals surface area contributed by atoms with Crippen molar-refractivity contribution in [3.8, 4) is 0 Å². The molecule has 0 fully saturated rings. The Balaban J connectivity index is 2.51. The summed E-state index contributed by atoms with van der Waals surface area (Å²) in [7, 11) is 0. The highest BCUT2D eigenvalue weighted by molar-refractivity contribution is 5.89. The number of carboxylic acids is 1. The van der Waals surface area contributed by atoms with Gasteiger partial charge in [-0.2, -0.15) is 5.10 Å². The Bertz CT molecular complexity index is 547. The van der Waals surface area contributed by atoms with Crippen LogP contribution in [0.2, 0.25) is 0 Å². The van der Waals surface area contributed by atoms with Crippen LogP contribution in [0.4, 0.5) is 0 Å². The Morgan fingerprint density at radius 2 is 1.89 bits per heavy atom. The lowest BCUT2D eigenvalue weighted by Crippen LogP contribution is -2.35. The highest BCUT2D eigenvalue weighted by atomic mass is 16.4. The third kappa shape index (κ3) is 1.87. The third-order valence-electron chi connectivity index (χ3n) is 3.01. The van der Waals surface area contributed by atoms with Crippen molar-refractivity contribution in [2.24, 2.45) is 0 Å². The number of rotatable bonds is 1. The molecule has 2 heterocycles. The Labute approximate surface area is 103 Å². The molecule has 1 aromatic heterocycles. The molecule has 0 bridgehead atoms. The average Bonchev–Trinajstić information content (AvgIpc) is 2.67. The number of fused-ring (bicyclic) bond motifs is 1. The second kappa shape index (κ2) is 4.25. The SMILES string of the molecule is CC(=O)N1CCc2c(C(=O)O)nn(C(C)=O)c2C1. The van der Waals surface area contributed by atoms with Crippen molar-refractivity contribution in [3.05, 3.63) is 17.0 Å². The Morgan fingerprint density at radius 3 is 2.39 bits per heavy atom. The molecule has 1 aliphatic rings. The average molecular weight is 251 g/mol. The van der Waals surface area contributed by atoms with E-state index in [0.717, 1.165) is 4.68 Å². The van der Waals surface area contributed by atoms with Crippen molar-refractivity contribution in [2.45, 2.75) is 26.8 Å². The zero-order valence-electron chi connectivity index (χ0n) is 10.1. The summed E-state index contributed by atoms with van der Waals surface area (Å²) in [5.74, 6) is -1.61. The van der Waals surface area contributed by atoms with Crippen molar-refractivity contribution in [1.29, 1.82) is 0 Å². The first-order valence-corrected chi connectivity index (χ1v) is 5.52. The number of aromatic carboxylic acids is 1. The number of nitrogens with zero attached hydrogens (tertiary/aromatic N) is 3. The van der Waals surface area contributed by atoms with Crippen LogP contribution in [0.5, 0.6) is 0 Å². The molecule has 0 saturated heterocycles. The van der Waals surface area contributed by atoms with Crippen molar-refractivity contribution < 1.29 is 19.5 Å². The first-order chi connectivity index (χ1) is 8.41. The molecule has 0 radical (unpaired) electrons. The van der Waals surface area contributed by atoms with Crippen LogP contribution in [0.1, 0.15) is 40.4 Å². The number of aromatic nitrogens is 2. The summed E-state index contributed by atoms with van der Waals surface area (Å²) in [6.45, 7) is 3.43. The topological polar surface area (TPSA) is 92.5 Å². The summed E-state index contributed by atoms with van der Waals surface area (Å²) in [6, 6.07) is 0. The fraction of sp³-hybridized carbons (Fsp3) is 0.455. The van der Waals surface area contributed by atoms with Crippen LogP contribution in [0, 0.1) is 0 Å². The molecule has 0 aromatic carbocycles. The van der Waals surface area contributed by atoms with Crippen LogP contribution in [0.25, 0.3) is 0 Å². The van der Waals surface area contributed by atoms with Crippen molar-refractivity contribution in [3.63, 3.8) is 0 Å². The minimum Gasteiger partial charge on any atom is -0.476 e. The van der Waals surface area contributed by atoms with Crippen LogP contribution < -0.4 is 0 Å². The number of carboxylic acid groups (broad SMARTS) is 1. The lowest BCUT2D eigenvalue weighted by atomic mass is 10.0. The summed E-state index contributed by atoms with van der Waals surface area (Å²) in [6.07, 6.45) is 0.407. The van der Waals surface area contributed by atoms with E-state index in [0.29, 0.717) is 24.2 Å². The summed E-state index contributed by atoms with van der Waals surface area (Å²) in [4.78, 5) is 35.4. The molecule has 0 unspecified atom stereocenters. The predicted octanol–water partition coefficient (Wildman–Crippen LogP) is 0.146. The molecular weight excluding hydrogens is 238 g/mol. The van der Waals surface area contributed by atoms with Crippen LogP contribution in [-0.2, 0) is 17.8 Å². The van der Waals surface area contributed by atoms with Crippen molar-refractivity contribution >= 4 is 17.8 Å². The maximum atomic E-state index is 11.4. The van der Waals surface area contributed by atoms with Crippen molar-refractivity contribution in [2.75, 3.05) is 6.54 Å². The minimum absolute atomic E-state index is 0.0941. The summed E-state index contributed by atoms with van der Waals surface area (Å²) >= 11 is 0. The molecule has 1 N–H and O–H groups in total. The van der Waals surface area contributed by atoms with E-state index in [2.05, 4.69) is 5.10 Å². The fourth-order valence-electron chi connectivity index (χ4n) is 2.12. The Hall–Kier alpha value is -2.18. The summed E-state index contributed by atoms with van der Waals surface area (Å²) in [5.41, 5.74) is 0.958. The number of hydrogen-bond acceptors (Lipinski definition) is 4. The molecule has 0 atom stereocenters. The largest absolute Gasteiger partial charge is 0.476 e. The smallest absolute Gasteiger partial charge is 0.356 e. The molecule has 7 nitrogen and oxygen atoms in total. The van der Waals surface area contributed by atoms with Gasteiger partial charge in [-0.3, -0.25) is 9.59 Å². The van der Waals surface area contributed by atoms with Gasteiger partial charge in [-0.15, -0.1) is 0 Å². The van der Waals surface area contributed by atoms with E-state index in [9.17, 15) is 14.4 Å². The van der Waals surface area contributed by atoms with Gasteiger partial charge in [0.05, 0.1) is 12.2 Å². The molecule has 0 saturated carbocycles. The molecule has 1 amide bonds. The monoisotopic (exact) mass is 251 g/mol. The normalized spacial score (nSPS) is 14.2. The van der Waals surface area contributed by atoms with Gasteiger partial charge in [-0.05, 0) is 6.42 Å². The fourth-order valence-corrected chi connectivity index (χ4v) is 2.12. The van der Waals surface area contributed by atoms with Gasteiger partial charge in [0, 0.05) is 26.0 Å². The van der Waals surface area contributed by atoms with Crippen LogP contribution >= 0.6 is 0 Å². The quantitative estimate of drug-likeness (QED) is 0.766. The van der Waals surface area contributed by atoms with Gasteiger partial charge in [0.15, 0.2) is 5.69 Å². The highest BCUT2D eigenvalue weighted by Crippen LogP contribution is 2.22. The third-order valence-corrected chi connectivity index (χ3v) is 3.01. The van der Waals surface area contributed by atoms with E-state index >= 15 is 0 Å². The zero-order valence-corrected chi connectivity index (χ0v) is 10.1. The first-order valence-electron chi connectivity index (χ1n) is 5.52. The molecule has 1 aromatic rings. The number of carbonyl (C=O) groups excluding carboxylic acids is 2. The number of carbonyl (C=O) groups is 3. The van der Waals surface area contributed by atoms with Gasteiger partial charge in [0.2, 0.25) is 11.8 Å². The number of hydrogen-bond donors (Lipinski definition) is 1. The lowest BCUT2D eigenvalue weighted by molar-refractivity contribution is -0.129. The van der Waals surface area contributed by atoms with Crippen LogP contribution in [0.3, 0.4) is 0 Å². The Kier molecular flexibility index (Phi) is 2.90. The van der Waals surface area contributed by atoms with Gasteiger partial charge in [0.1, 0.15) is 0 Å². The van der Waals surface area contributed by atoms with Crippen LogP contribution in [0.15, 0.2) is 0 Å². The number of amides is 1. The molecule has 1 aliphatic heterocycles. The standard InChI is InChI=1S/C11H13N3O4/c1-6(15)13-4-3-8-9(5-13)14(7(2)16)12-10(8)11(17)18/h3-5H2,1-2H3,(H,17,18). The maximum absolute atomic E-state index is 11.4. The maximum Gasteiger partial charge on any atom is 0.356 e. The Morgan fingerprint density at radius 1 is 1.22 bits per heavy atom. The second-order valence-electron chi connectivity index (χ2n) is 4.20. The zero-order chi connectivity index (χ0) is 13.4. The first kappa shape index (κ1) is 12.3. The molecular formula is C11H13N3O4. The highest BCUT2D eigenvalue weighted by Gasteiger charge is 2.29. The summed E-state index contributed by atoms with van der Waals surface area (Å²) < 4.78 is 1.08. The molecule has 96 valence electrons. The van der Waals surface area contributed by atoms with Crippen molar-refractivity contribution in [1.82, 2.24) is 14.7 Å². The van der Waals surface area contributed by atoms with E-state index in [4.69, 9.17) is 5.11 Å². The van der Waals surface area contributed by atoms with E-state index in [-0.39, 0.29) is 24.1 Å². The second-order valence-corrected chi connectivity index (χ2v) is 4.20. The van der Waals surface area contributed by atoms with Gasteiger partial charge in [0.25, 0.3) is 0 Å². The lowest BCUT2D eigenvalue weighted by Gasteiger charge is -2.26. The van der Waals surface area contributed by atoms with E-state index in [1.807, 2.05) is 0 Å². The van der Waals surface area contributed by atoms with Gasteiger partial charge >= 0.3 is 5.97 Å². The minimum atomic E-state index is -1.15. The van der Waals surface area contributed by atoms with Gasteiger partial charge in [-0.25, -0.2) is 9.48 Å².